The first kappa shape index (κ1) is 11.4. The molecule has 4 heteroatoms. The number of cyclic esters (lactones) is 2. The van der Waals surface area contributed by atoms with Crippen molar-refractivity contribution in [1.82, 2.24) is 0 Å². The van der Waals surface area contributed by atoms with Crippen molar-refractivity contribution in [1.29, 1.82) is 0 Å². The van der Waals surface area contributed by atoms with Crippen molar-refractivity contribution >= 4 is 11.9 Å². The molecule has 0 aromatic carbocycles. The van der Waals surface area contributed by atoms with Crippen molar-refractivity contribution in [3.8, 4) is 0 Å². The van der Waals surface area contributed by atoms with E-state index in [4.69, 9.17) is 9.47 Å². The van der Waals surface area contributed by atoms with E-state index in [0.29, 0.717) is 12.3 Å². The van der Waals surface area contributed by atoms with Crippen molar-refractivity contribution in [3.63, 3.8) is 0 Å². The molecule has 0 aromatic heterocycles. The van der Waals surface area contributed by atoms with Crippen molar-refractivity contribution in [2.45, 2.75) is 57.7 Å². The number of carbonyl (C=O) groups is 2. The SMILES string of the molecule is CC1(CC2CCCCC2)OC(=O)CC(=O)O1. The summed E-state index contributed by atoms with van der Waals surface area (Å²) in [5.74, 6) is -1.43. The fraction of sp³-hybridized carbons (Fsp3) is 0.833. The molecule has 1 aliphatic heterocycles. The molecule has 1 saturated carbocycles. The maximum absolute atomic E-state index is 11.2. The molecule has 0 atom stereocenters. The summed E-state index contributed by atoms with van der Waals surface area (Å²) in [7, 11) is 0. The van der Waals surface area contributed by atoms with Crippen molar-refractivity contribution in [2.24, 2.45) is 5.92 Å². The van der Waals surface area contributed by atoms with E-state index in [9.17, 15) is 9.59 Å². The van der Waals surface area contributed by atoms with Gasteiger partial charge in [-0.05, 0) is 5.92 Å². The molecular formula is C12H18O4. The first-order valence-corrected chi connectivity index (χ1v) is 6.01. The summed E-state index contributed by atoms with van der Waals surface area (Å²) < 4.78 is 10.3. The van der Waals surface area contributed by atoms with Crippen LogP contribution >= 0.6 is 0 Å². The second-order valence-corrected chi connectivity index (χ2v) is 4.97. The number of carbonyl (C=O) groups excluding carboxylic acids is 2. The topological polar surface area (TPSA) is 52.6 Å². The van der Waals surface area contributed by atoms with E-state index in [2.05, 4.69) is 0 Å². The second kappa shape index (κ2) is 4.44. The quantitative estimate of drug-likeness (QED) is 0.535. The molecule has 2 rings (SSSR count). The largest absolute Gasteiger partial charge is 0.422 e. The Morgan fingerprint density at radius 3 is 2.25 bits per heavy atom. The van der Waals surface area contributed by atoms with Crippen LogP contribution in [0.15, 0.2) is 0 Å². The van der Waals surface area contributed by atoms with E-state index in [0.717, 1.165) is 12.8 Å². The van der Waals surface area contributed by atoms with Gasteiger partial charge in [0.1, 0.15) is 6.42 Å². The first-order chi connectivity index (χ1) is 7.57. The molecule has 2 aliphatic rings. The highest BCUT2D eigenvalue weighted by molar-refractivity contribution is 5.93. The Labute approximate surface area is 95.3 Å². The van der Waals surface area contributed by atoms with Crippen LogP contribution in [-0.2, 0) is 19.1 Å². The lowest BCUT2D eigenvalue weighted by atomic mass is 9.84. The minimum absolute atomic E-state index is 0.250. The molecule has 0 aromatic rings. The van der Waals surface area contributed by atoms with Gasteiger partial charge in [0.2, 0.25) is 0 Å². The van der Waals surface area contributed by atoms with Crippen LogP contribution in [-0.4, -0.2) is 17.7 Å². The van der Waals surface area contributed by atoms with Gasteiger partial charge in [0.25, 0.3) is 5.79 Å². The van der Waals surface area contributed by atoms with Crippen molar-refractivity contribution in [3.05, 3.63) is 0 Å². The number of hydrogen-bond acceptors (Lipinski definition) is 4. The molecule has 1 heterocycles. The average Bonchev–Trinajstić information content (AvgIpc) is 2.15. The van der Waals surface area contributed by atoms with Crippen LogP contribution in [0, 0.1) is 5.92 Å². The minimum atomic E-state index is -1.02. The summed E-state index contributed by atoms with van der Waals surface area (Å²) in [6.07, 6.45) is 6.41. The summed E-state index contributed by atoms with van der Waals surface area (Å²) >= 11 is 0. The van der Waals surface area contributed by atoms with Crippen molar-refractivity contribution in [2.75, 3.05) is 0 Å². The third-order valence-electron chi connectivity index (χ3n) is 3.33. The Hall–Kier alpha value is -1.06. The minimum Gasteiger partial charge on any atom is -0.422 e. The monoisotopic (exact) mass is 226 g/mol. The highest BCUT2D eigenvalue weighted by Crippen LogP contribution is 2.34. The Morgan fingerprint density at radius 1 is 1.12 bits per heavy atom. The smallest absolute Gasteiger partial charge is 0.320 e. The maximum atomic E-state index is 11.2. The lowest BCUT2D eigenvalue weighted by molar-refractivity contribution is -0.243. The molecule has 4 nitrogen and oxygen atoms in total. The van der Waals surface area contributed by atoms with E-state index < -0.39 is 17.7 Å². The molecule has 0 bridgehead atoms. The summed E-state index contributed by atoms with van der Waals surface area (Å²) in [5.41, 5.74) is 0. The van der Waals surface area contributed by atoms with E-state index in [1.807, 2.05) is 0 Å². The standard InChI is InChI=1S/C12H18O4/c1-12(8-9-5-3-2-4-6-9)15-10(13)7-11(14)16-12/h9H,2-8H2,1H3. The third-order valence-corrected chi connectivity index (χ3v) is 3.33. The van der Waals surface area contributed by atoms with Crippen LogP contribution in [0.1, 0.15) is 51.9 Å². The van der Waals surface area contributed by atoms with Crippen LogP contribution in [0.5, 0.6) is 0 Å². The normalized spacial score (nSPS) is 26.1. The third kappa shape index (κ3) is 2.74. The molecule has 0 amide bonds. The van der Waals surface area contributed by atoms with Crippen LogP contribution < -0.4 is 0 Å². The predicted molar refractivity (Wildman–Crippen MR) is 56.4 cm³/mol. The molecule has 0 radical (unpaired) electrons. The summed E-state index contributed by atoms with van der Waals surface area (Å²) in [4.78, 5) is 22.4. The fourth-order valence-corrected chi connectivity index (χ4v) is 2.69. The molecule has 0 N–H and O–H groups in total. The summed E-state index contributed by atoms with van der Waals surface area (Å²) in [6, 6.07) is 0. The van der Waals surface area contributed by atoms with Gasteiger partial charge in [-0.25, -0.2) is 0 Å². The summed E-state index contributed by atoms with van der Waals surface area (Å²) in [5, 5.41) is 0. The molecule has 90 valence electrons. The first-order valence-electron chi connectivity index (χ1n) is 6.01. The van der Waals surface area contributed by atoms with E-state index >= 15 is 0 Å². The molecule has 16 heavy (non-hydrogen) atoms. The van der Waals surface area contributed by atoms with Gasteiger partial charge in [0, 0.05) is 13.3 Å². The Kier molecular flexibility index (Phi) is 3.17. The van der Waals surface area contributed by atoms with Gasteiger partial charge in [-0.3, -0.25) is 9.59 Å². The average molecular weight is 226 g/mol. The Bertz CT molecular complexity index is 275. The molecule has 1 aliphatic carbocycles. The molecule has 0 spiro atoms. The number of ether oxygens (including phenoxy) is 2. The number of esters is 2. The van der Waals surface area contributed by atoms with E-state index in [-0.39, 0.29) is 6.42 Å². The summed E-state index contributed by atoms with van der Waals surface area (Å²) in [6.45, 7) is 1.69. The maximum Gasteiger partial charge on any atom is 0.320 e. The van der Waals surface area contributed by atoms with Gasteiger partial charge in [0.15, 0.2) is 0 Å². The van der Waals surface area contributed by atoms with Crippen LogP contribution in [0.4, 0.5) is 0 Å². The number of rotatable bonds is 2. The van der Waals surface area contributed by atoms with Gasteiger partial charge in [0.05, 0.1) is 0 Å². The van der Waals surface area contributed by atoms with E-state index in [1.54, 1.807) is 6.92 Å². The highest BCUT2D eigenvalue weighted by Gasteiger charge is 2.40. The van der Waals surface area contributed by atoms with E-state index in [1.165, 1.54) is 19.3 Å². The number of hydrogen-bond donors (Lipinski definition) is 0. The highest BCUT2D eigenvalue weighted by atomic mass is 16.7. The van der Waals surface area contributed by atoms with Gasteiger partial charge < -0.3 is 9.47 Å². The molecule has 0 unspecified atom stereocenters. The zero-order chi connectivity index (χ0) is 11.6. The molecule has 2 fully saturated rings. The molecule has 1 saturated heterocycles. The van der Waals surface area contributed by atoms with Gasteiger partial charge in [-0.1, -0.05) is 32.1 Å². The van der Waals surface area contributed by atoms with Crippen LogP contribution in [0.3, 0.4) is 0 Å². The lowest BCUT2D eigenvalue weighted by Gasteiger charge is -2.36. The Morgan fingerprint density at radius 2 is 1.69 bits per heavy atom. The van der Waals surface area contributed by atoms with Crippen LogP contribution in [0.25, 0.3) is 0 Å². The zero-order valence-corrected chi connectivity index (χ0v) is 9.66. The van der Waals surface area contributed by atoms with Gasteiger partial charge in [-0.2, -0.15) is 0 Å². The fourth-order valence-electron chi connectivity index (χ4n) is 2.69. The Balaban J connectivity index is 1.95. The van der Waals surface area contributed by atoms with Gasteiger partial charge >= 0.3 is 11.9 Å². The predicted octanol–water partition coefficient (Wildman–Crippen LogP) is 2.16. The second-order valence-electron chi connectivity index (χ2n) is 4.97. The molecular weight excluding hydrogens is 208 g/mol. The van der Waals surface area contributed by atoms with Crippen LogP contribution in [0.2, 0.25) is 0 Å². The zero-order valence-electron chi connectivity index (χ0n) is 9.66. The van der Waals surface area contributed by atoms with Gasteiger partial charge in [-0.15, -0.1) is 0 Å². The lowest BCUT2D eigenvalue weighted by Crippen LogP contribution is -2.44. The van der Waals surface area contributed by atoms with Crippen molar-refractivity contribution < 1.29 is 19.1 Å².